The van der Waals surface area contributed by atoms with E-state index in [0.29, 0.717) is 0 Å². The lowest BCUT2D eigenvalue weighted by atomic mass is 10.0. The highest BCUT2D eigenvalue weighted by Crippen LogP contribution is 2.50. The van der Waals surface area contributed by atoms with Crippen molar-refractivity contribution in [2.45, 2.75) is 6.92 Å². The van der Waals surface area contributed by atoms with Crippen molar-refractivity contribution < 1.29 is 14.4 Å². The molecule has 0 saturated carbocycles. The van der Waals surface area contributed by atoms with Crippen molar-refractivity contribution in [3.8, 4) is 11.5 Å². The van der Waals surface area contributed by atoms with Crippen molar-refractivity contribution in [2.24, 2.45) is 0 Å². The summed E-state index contributed by atoms with van der Waals surface area (Å²) in [7, 11) is 11.6. The number of aryl methyl sites for hydroxylation is 1. The molecule has 0 saturated heterocycles. The summed E-state index contributed by atoms with van der Waals surface area (Å²) in [6.07, 6.45) is 0. The number of nitrogens with zero attached hydrogens (tertiary/aromatic N) is 9. The molecule has 24 aromatic rings. The number of hydrogen-bond donors (Lipinski definition) is 0. The highest BCUT2D eigenvalue weighted by molar-refractivity contribution is 6.10. The zero-order chi connectivity index (χ0) is 101. The molecule has 0 amide bonds. The number of nitro benzene ring substituents is 1. The van der Waals surface area contributed by atoms with Crippen molar-refractivity contribution in [1.82, 2.24) is 0 Å². The third-order valence-corrected chi connectivity index (χ3v) is 27.8. The van der Waals surface area contributed by atoms with Crippen molar-refractivity contribution in [2.75, 3.05) is 81.6 Å². The van der Waals surface area contributed by atoms with Gasteiger partial charge in [-0.3, -0.25) is 10.1 Å². The van der Waals surface area contributed by atoms with Gasteiger partial charge in [-0.25, -0.2) is 0 Å². The Labute approximate surface area is 863 Å². The molecule has 0 N–H and O–H groups in total. The minimum Gasteiger partial charge on any atom is -0.497 e. The molecule has 0 bridgehead atoms. The summed E-state index contributed by atoms with van der Waals surface area (Å²) in [5, 5.41) is 30.5. The van der Waals surface area contributed by atoms with E-state index < -0.39 is 0 Å². The van der Waals surface area contributed by atoms with Crippen LogP contribution < -0.4 is 48.7 Å². The Morgan fingerprint density at radius 3 is 0.588 bits per heavy atom. The summed E-state index contributed by atoms with van der Waals surface area (Å²) < 4.78 is 10.7. The largest absolute Gasteiger partial charge is 0.497 e. The number of anilines is 20. The van der Waals surface area contributed by atoms with E-state index in [-0.39, 0.29) is 10.6 Å². The van der Waals surface area contributed by atoms with E-state index in [2.05, 4.69) is 542 Å². The number of nitro groups is 1. The standard InChI is InChI=1S/2C34H28N2O.C34H28N2.C33H25N3O2/c1-35(29-14-9-15-30(24-29)37-2)27-20-22-28(23-21-27)36(33-18-7-12-25-10-3-5-16-31(25)33)34-19-8-13-26-11-4-6-17-32(26)34;1-35(28-21-23-30(37-2)24-22-28)27-17-19-29(20-18-27)36(33-15-7-11-25-9-3-5-13-31(25)33)34-16-8-12-26-10-4-6-14-32(26)34;1-25-10-7-15-30(24-25)35(2)28-20-22-29(23-21-28)36(33-18-8-13-26-11-3-5-16-31(26)33)34-19-9-14-27-12-4-6-17-32(27)34;1-34(27-18-22-29(23-19-27)36(37)38)26-16-20-28(21-17-26)35(32-14-6-10-24-8-2-4-12-30(24)32)33-15-7-11-25-9-3-5-13-31(25)33/h2*3-24H,1-2H3;3-24H,1-2H3;2-23H,1H3. The van der Waals surface area contributed by atoms with Crippen LogP contribution in [0.15, 0.2) is 534 Å². The fourth-order valence-electron chi connectivity index (χ4n) is 20.0. The van der Waals surface area contributed by atoms with Gasteiger partial charge in [-0.05, 0) is 262 Å². The van der Waals surface area contributed by atoms with Crippen molar-refractivity contribution in [3.63, 3.8) is 0 Å². The highest BCUT2D eigenvalue weighted by Gasteiger charge is 2.25. The summed E-state index contributed by atoms with van der Waals surface area (Å²) >= 11 is 0. The molecule has 13 nitrogen and oxygen atoms in total. The van der Waals surface area contributed by atoms with E-state index in [1.807, 2.05) is 42.3 Å². The third kappa shape index (κ3) is 20.0. The summed E-state index contributed by atoms with van der Waals surface area (Å²) in [6.45, 7) is 2.13. The van der Waals surface area contributed by atoms with Gasteiger partial charge in [-0.1, -0.05) is 309 Å². The predicted molar refractivity (Wildman–Crippen MR) is 627 cm³/mol. The first-order valence-electron chi connectivity index (χ1n) is 49.7. The van der Waals surface area contributed by atoms with Gasteiger partial charge in [0, 0.05) is 158 Å². The van der Waals surface area contributed by atoms with Gasteiger partial charge in [0.15, 0.2) is 0 Å². The average Bonchev–Trinajstić information content (AvgIpc) is 0.771. The summed E-state index contributed by atoms with van der Waals surface area (Å²) in [6, 6.07) is 187. The molecular weight excluding hydrogens is 1810 g/mol. The van der Waals surface area contributed by atoms with Crippen LogP contribution in [0.2, 0.25) is 0 Å². The second kappa shape index (κ2) is 43.3. The molecule has 0 atom stereocenters. The van der Waals surface area contributed by atoms with E-state index in [1.165, 1.54) is 121 Å². The Morgan fingerprint density at radius 1 is 0.182 bits per heavy atom. The second-order valence-electron chi connectivity index (χ2n) is 36.6. The van der Waals surface area contributed by atoms with Crippen LogP contribution in [-0.2, 0) is 0 Å². The van der Waals surface area contributed by atoms with Gasteiger partial charge in [0.25, 0.3) is 5.69 Å². The molecule has 0 unspecified atom stereocenters. The van der Waals surface area contributed by atoms with E-state index in [1.54, 1.807) is 26.4 Å². The van der Waals surface area contributed by atoms with E-state index in [4.69, 9.17) is 9.47 Å². The Morgan fingerprint density at radius 2 is 0.365 bits per heavy atom. The third-order valence-electron chi connectivity index (χ3n) is 27.8. The zero-order valence-corrected chi connectivity index (χ0v) is 83.5. The fraction of sp³-hybridized carbons (Fsp3) is 0.0519. The summed E-state index contributed by atoms with van der Waals surface area (Å²) in [4.78, 5) is 28.7. The molecule has 0 aliphatic heterocycles. The normalized spacial score (nSPS) is 11.0. The lowest BCUT2D eigenvalue weighted by molar-refractivity contribution is -0.384. The fourth-order valence-corrected chi connectivity index (χ4v) is 20.0. The molecule has 718 valence electrons. The zero-order valence-electron chi connectivity index (χ0n) is 83.5. The number of rotatable bonds is 23. The number of benzene rings is 24. The van der Waals surface area contributed by atoms with Gasteiger partial charge >= 0.3 is 0 Å². The molecule has 0 aromatic heterocycles. The number of methoxy groups -OCH3 is 2. The van der Waals surface area contributed by atoms with Crippen LogP contribution in [-0.4, -0.2) is 47.3 Å². The first-order chi connectivity index (χ1) is 72.7. The highest BCUT2D eigenvalue weighted by atomic mass is 16.6. The molecule has 24 rings (SSSR count). The van der Waals surface area contributed by atoms with Crippen LogP contribution in [0.3, 0.4) is 0 Å². The van der Waals surface area contributed by atoms with E-state index >= 15 is 0 Å². The van der Waals surface area contributed by atoms with Crippen molar-refractivity contribution >= 4 is 206 Å². The smallest absolute Gasteiger partial charge is 0.269 e. The topological polar surface area (TPSA) is 87.5 Å². The number of fused-ring (bicyclic) bond motifs is 8. The number of ether oxygens (including phenoxy) is 2. The molecule has 0 aliphatic rings. The first kappa shape index (κ1) is 95.0. The Kier molecular flexibility index (Phi) is 27.8. The predicted octanol–water partition coefficient (Wildman–Crippen LogP) is 37.2. The molecule has 13 heteroatoms. The molecule has 0 heterocycles. The molecule has 0 radical (unpaired) electrons. The van der Waals surface area contributed by atoms with Gasteiger partial charge in [-0.2, -0.15) is 0 Å². The van der Waals surface area contributed by atoms with Gasteiger partial charge in [0.1, 0.15) is 11.5 Å². The monoisotopic (exact) mass is 1920 g/mol. The Balaban J connectivity index is 0.000000116. The Hall–Kier alpha value is -19.2. The van der Waals surface area contributed by atoms with Gasteiger partial charge < -0.3 is 48.7 Å². The minimum absolute atomic E-state index is 0.0818. The Bertz CT molecular complexity index is 8500. The van der Waals surface area contributed by atoms with E-state index in [0.717, 1.165) is 108 Å². The van der Waals surface area contributed by atoms with Gasteiger partial charge in [0.05, 0.1) is 64.6 Å². The molecule has 24 aromatic carbocycles. The average molecular weight is 1920 g/mol. The molecule has 0 spiro atoms. The summed E-state index contributed by atoms with van der Waals surface area (Å²) in [5.74, 6) is 1.70. The first-order valence-corrected chi connectivity index (χ1v) is 49.7. The van der Waals surface area contributed by atoms with Crippen molar-refractivity contribution in [1.29, 1.82) is 0 Å². The van der Waals surface area contributed by atoms with E-state index in [9.17, 15) is 10.1 Å². The number of non-ortho nitro benzene ring substituents is 1. The molecule has 148 heavy (non-hydrogen) atoms. The van der Waals surface area contributed by atoms with Crippen LogP contribution in [0.4, 0.5) is 119 Å². The maximum Gasteiger partial charge on any atom is 0.269 e. The quantitative estimate of drug-likeness (QED) is 0.0451. The number of hydrogen-bond acceptors (Lipinski definition) is 12. The van der Waals surface area contributed by atoms with Crippen LogP contribution in [0, 0.1) is 17.0 Å². The van der Waals surface area contributed by atoms with Crippen LogP contribution in [0.5, 0.6) is 11.5 Å². The van der Waals surface area contributed by atoms with Crippen LogP contribution in [0.1, 0.15) is 5.56 Å². The van der Waals surface area contributed by atoms with Crippen LogP contribution >= 0.6 is 0 Å². The lowest BCUT2D eigenvalue weighted by Crippen LogP contribution is -2.12. The van der Waals surface area contributed by atoms with Crippen LogP contribution in [0.25, 0.3) is 86.2 Å². The van der Waals surface area contributed by atoms with Gasteiger partial charge in [0.2, 0.25) is 0 Å². The molecule has 0 aliphatic carbocycles. The summed E-state index contributed by atoms with van der Waals surface area (Å²) in [5.41, 5.74) is 23.5. The van der Waals surface area contributed by atoms with Crippen molar-refractivity contribution in [3.05, 3.63) is 550 Å². The maximum absolute atomic E-state index is 11.0. The SMILES string of the molecule is CN(c1ccc(N(c2cccc3ccccc23)c2cccc3ccccc23)cc1)c1ccc([N+](=O)[O-])cc1.COc1ccc(N(C)c2ccc(N(c3cccc4ccccc34)c3cccc4ccccc34)cc2)cc1.COc1cccc(N(C)c2ccc(N(c3cccc4ccccc34)c3cccc4ccccc34)cc2)c1.Cc1cccc(N(C)c2ccc(N(c3cccc4ccccc34)c3cccc4ccccc34)cc2)c1. The van der Waals surface area contributed by atoms with Gasteiger partial charge in [-0.15, -0.1) is 0 Å². The molecule has 0 fully saturated rings. The lowest BCUT2D eigenvalue weighted by Gasteiger charge is -2.29. The minimum atomic E-state index is -0.381. The molecular formula is C135H109N9O4. The second-order valence-corrected chi connectivity index (χ2v) is 36.6. The maximum atomic E-state index is 11.0.